The number of amides is 1. The van der Waals surface area contributed by atoms with E-state index in [0.717, 1.165) is 5.56 Å². The molecule has 1 fully saturated rings. The fourth-order valence-electron chi connectivity index (χ4n) is 5.17. The Kier molecular flexibility index (Phi) is 8.54. The van der Waals surface area contributed by atoms with E-state index in [4.69, 9.17) is 11.6 Å². The van der Waals surface area contributed by atoms with E-state index < -0.39 is 10.0 Å². The summed E-state index contributed by atoms with van der Waals surface area (Å²) < 4.78 is 28.7. The van der Waals surface area contributed by atoms with E-state index in [2.05, 4.69) is 29.2 Å². The van der Waals surface area contributed by atoms with E-state index in [9.17, 15) is 13.2 Å². The number of aryl methyl sites for hydroxylation is 1. The predicted molar refractivity (Wildman–Crippen MR) is 160 cm³/mol. The van der Waals surface area contributed by atoms with Gasteiger partial charge in [0.2, 0.25) is 5.91 Å². The lowest BCUT2D eigenvalue weighted by Crippen LogP contribution is -2.52. The number of piperazine rings is 1. The molecule has 0 aromatic heterocycles. The van der Waals surface area contributed by atoms with Crippen LogP contribution in [-0.2, 0) is 14.8 Å². The van der Waals surface area contributed by atoms with Crippen LogP contribution in [0.4, 0.5) is 5.69 Å². The first kappa shape index (κ1) is 27.9. The van der Waals surface area contributed by atoms with Gasteiger partial charge in [-0.25, -0.2) is 8.42 Å². The molecule has 0 unspecified atom stereocenters. The topological polar surface area (TPSA) is 60.9 Å². The van der Waals surface area contributed by atoms with Gasteiger partial charge < -0.3 is 4.90 Å². The number of nitrogens with zero attached hydrogens (tertiary/aromatic N) is 3. The van der Waals surface area contributed by atoms with Gasteiger partial charge in [0.05, 0.1) is 16.6 Å². The van der Waals surface area contributed by atoms with E-state index in [-0.39, 0.29) is 23.4 Å². The predicted octanol–water partition coefficient (Wildman–Crippen LogP) is 5.78. The summed E-state index contributed by atoms with van der Waals surface area (Å²) in [6, 6.07) is 34.1. The number of anilines is 1. The Balaban J connectivity index is 1.35. The van der Waals surface area contributed by atoms with Gasteiger partial charge >= 0.3 is 0 Å². The third-order valence-corrected chi connectivity index (χ3v) is 9.27. The Morgan fingerprint density at radius 3 is 1.93 bits per heavy atom. The van der Waals surface area contributed by atoms with Crippen molar-refractivity contribution >= 4 is 33.2 Å². The molecule has 0 radical (unpaired) electrons. The Labute approximate surface area is 241 Å². The highest BCUT2D eigenvalue weighted by Gasteiger charge is 2.32. The van der Waals surface area contributed by atoms with Crippen LogP contribution in [0.3, 0.4) is 0 Å². The van der Waals surface area contributed by atoms with Gasteiger partial charge in [0.25, 0.3) is 10.0 Å². The van der Waals surface area contributed by atoms with Crippen LogP contribution in [0.2, 0.25) is 5.02 Å². The maximum Gasteiger partial charge on any atom is 0.264 e. The van der Waals surface area contributed by atoms with Crippen molar-refractivity contribution in [3.05, 3.63) is 131 Å². The van der Waals surface area contributed by atoms with E-state index in [0.29, 0.717) is 36.9 Å². The molecular weight excluding hydrogens is 542 g/mol. The monoisotopic (exact) mass is 573 g/mol. The molecular formula is C32H32ClN3O3S. The third-order valence-electron chi connectivity index (χ3n) is 7.23. The van der Waals surface area contributed by atoms with Gasteiger partial charge in [-0.2, -0.15) is 0 Å². The molecule has 5 rings (SSSR count). The Bertz CT molecular complexity index is 1500. The second-order valence-electron chi connectivity index (χ2n) is 9.95. The second kappa shape index (κ2) is 12.3. The molecule has 40 heavy (non-hydrogen) atoms. The Morgan fingerprint density at radius 1 is 0.800 bits per heavy atom. The fraction of sp³-hybridized carbons (Fsp3) is 0.219. The normalized spacial score (nSPS) is 14.3. The molecule has 0 aliphatic carbocycles. The quantitative estimate of drug-likeness (QED) is 0.268. The Hall–Kier alpha value is -3.65. The average Bonchev–Trinajstić information content (AvgIpc) is 2.97. The van der Waals surface area contributed by atoms with Crippen LogP contribution in [0.5, 0.6) is 0 Å². The van der Waals surface area contributed by atoms with Crippen LogP contribution in [0.25, 0.3) is 0 Å². The molecule has 4 aromatic rings. The SMILES string of the molecule is Cc1cccc(N(CC(=O)N2CCN(C(c3ccccc3)c3ccccc3)CC2)S(=O)(=O)c2ccc(Cl)cc2)c1. The van der Waals surface area contributed by atoms with Crippen molar-refractivity contribution < 1.29 is 13.2 Å². The highest BCUT2D eigenvalue weighted by molar-refractivity contribution is 7.92. The van der Waals surface area contributed by atoms with E-state index in [1.807, 2.05) is 49.4 Å². The van der Waals surface area contributed by atoms with E-state index in [1.165, 1.54) is 27.6 Å². The summed E-state index contributed by atoms with van der Waals surface area (Å²) in [5.41, 5.74) is 3.76. The van der Waals surface area contributed by atoms with Crippen LogP contribution >= 0.6 is 11.6 Å². The minimum absolute atomic E-state index is 0.0775. The summed E-state index contributed by atoms with van der Waals surface area (Å²) in [5.74, 6) is -0.227. The molecule has 1 amide bonds. The molecule has 0 N–H and O–H groups in total. The van der Waals surface area contributed by atoms with Crippen LogP contribution in [0.15, 0.2) is 114 Å². The summed E-state index contributed by atoms with van der Waals surface area (Å²) in [6.07, 6.45) is 0. The van der Waals surface area contributed by atoms with E-state index >= 15 is 0 Å². The number of carbonyl (C=O) groups is 1. The van der Waals surface area contributed by atoms with E-state index in [1.54, 1.807) is 35.2 Å². The molecule has 4 aromatic carbocycles. The lowest BCUT2D eigenvalue weighted by atomic mass is 9.96. The van der Waals surface area contributed by atoms with Crippen molar-refractivity contribution in [2.24, 2.45) is 0 Å². The van der Waals surface area contributed by atoms with Gasteiger partial charge in [0, 0.05) is 31.2 Å². The van der Waals surface area contributed by atoms with Crippen molar-refractivity contribution in [1.29, 1.82) is 0 Å². The van der Waals surface area contributed by atoms with Gasteiger partial charge in [-0.05, 0) is 60.0 Å². The first-order valence-electron chi connectivity index (χ1n) is 13.3. The summed E-state index contributed by atoms with van der Waals surface area (Å²) in [6.45, 7) is 3.99. The third kappa shape index (κ3) is 6.22. The zero-order chi connectivity index (χ0) is 28.1. The number of sulfonamides is 1. The zero-order valence-corrected chi connectivity index (χ0v) is 23.9. The smallest absolute Gasteiger partial charge is 0.264 e. The minimum Gasteiger partial charge on any atom is -0.339 e. The molecule has 0 spiro atoms. The summed E-state index contributed by atoms with van der Waals surface area (Å²) in [4.78, 5) is 17.8. The highest BCUT2D eigenvalue weighted by atomic mass is 35.5. The largest absolute Gasteiger partial charge is 0.339 e. The van der Waals surface area contributed by atoms with Crippen molar-refractivity contribution in [3.63, 3.8) is 0 Å². The van der Waals surface area contributed by atoms with Gasteiger partial charge in [-0.1, -0.05) is 84.4 Å². The first-order chi connectivity index (χ1) is 19.3. The first-order valence-corrected chi connectivity index (χ1v) is 15.1. The molecule has 0 atom stereocenters. The number of rotatable bonds is 8. The lowest BCUT2D eigenvalue weighted by molar-refractivity contribution is -0.131. The van der Waals surface area contributed by atoms with Gasteiger partial charge in [0.15, 0.2) is 0 Å². The maximum atomic E-state index is 13.7. The molecule has 6 nitrogen and oxygen atoms in total. The average molecular weight is 574 g/mol. The molecule has 1 aliphatic heterocycles. The van der Waals surface area contributed by atoms with Gasteiger partial charge in [0.1, 0.15) is 6.54 Å². The van der Waals surface area contributed by atoms with Crippen molar-refractivity contribution in [1.82, 2.24) is 9.80 Å². The van der Waals surface area contributed by atoms with Crippen molar-refractivity contribution in [2.45, 2.75) is 17.9 Å². The number of hydrogen-bond donors (Lipinski definition) is 0. The summed E-state index contributed by atoms with van der Waals surface area (Å²) >= 11 is 6.00. The zero-order valence-electron chi connectivity index (χ0n) is 22.4. The Morgan fingerprint density at radius 2 is 1.38 bits per heavy atom. The molecule has 0 saturated carbocycles. The van der Waals surface area contributed by atoms with Crippen LogP contribution in [0.1, 0.15) is 22.7 Å². The van der Waals surface area contributed by atoms with Crippen molar-refractivity contribution in [2.75, 3.05) is 37.0 Å². The number of carbonyl (C=O) groups excluding carboxylic acids is 1. The second-order valence-corrected chi connectivity index (χ2v) is 12.2. The standard InChI is InChI=1S/C32H32ClN3O3S/c1-25-9-8-14-29(23-25)36(40(38,39)30-17-15-28(33)16-18-30)24-31(37)34-19-21-35(22-20-34)32(26-10-4-2-5-11-26)27-12-6-3-7-13-27/h2-18,23,32H,19-22,24H2,1H3. The maximum absolute atomic E-state index is 13.7. The van der Waals surface area contributed by atoms with Crippen LogP contribution in [0, 0.1) is 6.92 Å². The number of halogens is 1. The van der Waals surface area contributed by atoms with Crippen molar-refractivity contribution in [3.8, 4) is 0 Å². The lowest BCUT2D eigenvalue weighted by Gasteiger charge is -2.40. The molecule has 1 heterocycles. The molecule has 0 bridgehead atoms. The fourth-order valence-corrected chi connectivity index (χ4v) is 6.70. The van der Waals surface area contributed by atoms with Gasteiger partial charge in [-0.15, -0.1) is 0 Å². The van der Waals surface area contributed by atoms with Gasteiger partial charge in [-0.3, -0.25) is 14.0 Å². The highest BCUT2D eigenvalue weighted by Crippen LogP contribution is 2.30. The molecule has 8 heteroatoms. The molecule has 1 aliphatic rings. The summed E-state index contributed by atoms with van der Waals surface area (Å²) in [5, 5.41) is 0.444. The number of benzene rings is 4. The van der Waals surface area contributed by atoms with Crippen LogP contribution < -0.4 is 4.31 Å². The number of hydrogen-bond acceptors (Lipinski definition) is 4. The molecule has 206 valence electrons. The summed E-state index contributed by atoms with van der Waals surface area (Å²) in [7, 11) is -4.00. The van der Waals surface area contributed by atoms with Crippen LogP contribution in [-0.4, -0.2) is 56.8 Å². The minimum atomic E-state index is -4.00. The molecule has 1 saturated heterocycles.